The highest BCUT2D eigenvalue weighted by atomic mass is 35.5. The van der Waals surface area contributed by atoms with Gasteiger partial charge in [0.15, 0.2) is 0 Å². The Morgan fingerprint density at radius 2 is 2.14 bits per heavy atom. The van der Waals surface area contributed by atoms with E-state index in [1.807, 2.05) is 10.8 Å². The van der Waals surface area contributed by atoms with Gasteiger partial charge in [-0.25, -0.2) is 0 Å². The van der Waals surface area contributed by atoms with E-state index >= 15 is 0 Å². The van der Waals surface area contributed by atoms with E-state index in [9.17, 15) is 5.11 Å². The first-order valence-corrected chi connectivity index (χ1v) is 5.87. The zero-order valence-corrected chi connectivity index (χ0v) is 10.2. The third-order valence-electron chi connectivity index (χ3n) is 1.83. The zero-order valence-electron chi connectivity index (χ0n) is 8.67. The van der Waals surface area contributed by atoms with Crippen LogP contribution in [-0.4, -0.2) is 17.2 Å². The smallest absolute Gasteiger partial charge is 0.0936 e. The standard InChI is InChI=1S/C10H16ClNOS/c1-10(2,3)12-4-9(13)7-5-14-6-8(7)11/h5-6,9,12-13H,4H2,1-3H3. The maximum Gasteiger partial charge on any atom is 0.0936 e. The number of aliphatic hydroxyl groups is 1. The minimum absolute atomic E-state index is 0.0173. The molecule has 1 heterocycles. The molecule has 0 saturated carbocycles. The number of hydrogen-bond acceptors (Lipinski definition) is 3. The number of β-amino-alcohol motifs (C(OH)–C–C–N with tert-alkyl or cyclic N) is 1. The molecule has 1 aromatic heterocycles. The van der Waals surface area contributed by atoms with Gasteiger partial charge in [0.25, 0.3) is 0 Å². The van der Waals surface area contributed by atoms with Gasteiger partial charge in [-0.2, -0.15) is 11.3 Å². The summed E-state index contributed by atoms with van der Waals surface area (Å²) >= 11 is 7.42. The highest BCUT2D eigenvalue weighted by Crippen LogP contribution is 2.26. The van der Waals surface area contributed by atoms with Crippen molar-refractivity contribution in [2.45, 2.75) is 32.4 Å². The van der Waals surface area contributed by atoms with Crippen LogP contribution in [0.1, 0.15) is 32.4 Å². The van der Waals surface area contributed by atoms with Crippen molar-refractivity contribution >= 4 is 22.9 Å². The summed E-state index contributed by atoms with van der Waals surface area (Å²) in [7, 11) is 0. The average molecular weight is 234 g/mol. The molecule has 14 heavy (non-hydrogen) atoms. The van der Waals surface area contributed by atoms with Crippen molar-refractivity contribution < 1.29 is 5.11 Å². The molecule has 80 valence electrons. The van der Waals surface area contributed by atoms with E-state index in [0.29, 0.717) is 11.6 Å². The molecule has 0 bridgehead atoms. The van der Waals surface area contributed by atoms with Gasteiger partial charge in [-0.15, -0.1) is 0 Å². The van der Waals surface area contributed by atoms with E-state index < -0.39 is 6.10 Å². The lowest BCUT2D eigenvalue weighted by atomic mass is 10.1. The van der Waals surface area contributed by atoms with Crippen molar-refractivity contribution in [2.24, 2.45) is 0 Å². The second kappa shape index (κ2) is 4.62. The lowest BCUT2D eigenvalue weighted by Crippen LogP contribution is -2.38. The number of nitrogens with one attached hydrogen (secondary N) is 1. The molecule has 0 aliphatic heterocycles. The van der Waals surface area contributed by atoms with Gasteiger partial charge in [-0.1, -0.05) is 11.6 Å². The molecule has 4 heteroatoms. The molecule has 1 atom stereocenters. The van der Waals surface area contributed by atoms with E-state index in [2.05, 4.69) is 26.1 Å². The number of thiophene rings is 1. The fourth-order valence-electron chi connectivity index (χ4n) is 1.04. The van der Waals surface area contributed by atoms with Crippen molar-refractivity contribution in [2.75, 3.05) is 6.54 Å². The number of halogens is 1. The number of hydrogen-bond donors (Lipinski definition) is 2. The number of rotatable bonds is 3. The van der Waals surface area contributed by atoms with Gasteiger partial charge < -0.3 is 10.4 Å². The highest BCUT2D eigenvalue weighted by molar-refractivity contribution is 7.08. The summed E-state index contributed by atoms with van der Waals surface area (Å²) in [6, 6.07) is 0. The van der Waals surface area contributed by atoms with Crippen LogP contribution in [0.5, 0.6) is 0 Å². The van der Waals surface area contributed by atoms with Crippen molar-refractivity contribution in [3.8, 4) is 0 Å². The monoisotopic (exact) mass is 233 g/mol. The van der Waals surface area contributed by atoms with Crippen LogP contribution in [0.3, 0.4) is 0 Å². The second-order valence-corrected chi connectivity index (χ2v) is 5.47. The SMILES string of the molecule is CC(C)(C)NCC(O)c1cscc1Cl. The van der Waals surface area contributed by atoms with E-state index in [4.69, 9.17) is 11.6 Å². The van der Waals surface area contributed by atoms with E-state index in [-0.39, 0.29) is 5.54 Å². The van der Waals surface area contributed by atoms with Gasteiger partial charge in [-0.05, 0) is 26.2 Å². The topological polar surface area (TPSA) is 32.3 Å². The lowest BCUT2D eigenvalue weighted by molar-refractivity contribution is 0.164. The molecule has 1 aromatic rings. The zero-order chi connectivity index (χ0) is 10.8. The number of aliphatic hydroxyl groups excluding tert-OH is 1. The first kappa shape index (κ1) is 12.0. The van der Waals surface area contributed by atoms with Crippen LogP contribution in [0, 0.1) is 0 Å². The van der Waals surface area contributed by atoms with Crippen LogP contribution < -0.4 is 5.32 Å². The highest BCUT2D eigenvalue weighted by Gasteiger charge is 2.15. The van der Waals surface area contributed by atoms with Gasteiger partial charge in [0.1, 0.15) is 0 Å². The Morgan fingerprint density at radius 3 is 2.57 bits per heavy atom. The summed E-state index contributed by atoms with van der Waals surface area (Å²) in [4.78, 5) is 0. The maximum absolute atomic E-state index is 9.81. The summed E-state index contributed by atoms with van der Waals surface area (Å²) in [5, 5.41) is 17.4. The molecule has 0 radical (unpaired) electrons. The van der Waals surface area contributed by atoms with Gasteiger partial charge in [0.2, 0.25) is 0 Å². The summed E-state index contributed by atoms with van der Waals surface area (Å²) in [5.74, 6) is 0. The first-order valence-electron chi connectivity index (χ1n) is 4.55. The Morgan fingerprint density at radius 1 is 1.50 bits per heavy atom. The summed E-state index contributed by atoms with van der Waals surface area (Å²) < 4.78 is 0. The molecule has 1 rings (SSSR count). The molecule has 0 spiro atoms. The Kier molecular flexibility index (Phi) is 3.95. The molecular weight excluding hydrogens is 218 g/mol. The van der Waals surface area contributed by atoms with Gasteiger partial charge in [0.05, 0.1) is 11.1 Å². The van der Waals surface area contributed by atoms with Crippen molar-refractivity contribution in [1.82, 2.24) is 5.32 Å². The summed E-state index contributed by atoms with van der Waals surface area (Å²) in [6.07, 6.45) is -0.520. The van der Waals surface area contributed by atoms with Crippen molar-refractivity contribution in [3.63, 3.8) is 0 Å². The summed E-state index contributed by atoms with van der Waals surface area (Å²) in [6.45, 7) is 6.72. The molecule has 2 N–H and O–H groups in total. The third-order valence-corrected chi connectivity index (χ3v) is 3.05. The molecule has 1 unspecified atom stereocenters. The molecule has 0 amide bonds. The molecule has 2 nitrogen and oxygen atoms in total. The van der Waals surface area contributed by atoms with Gasteiger partial charge in [-0.3, -0.25) is 0 Å². The van der Waals surface area contributed by atoms with Gasteiger partial charge in [0, 0.05) is 23.0 Å². The Balaban J connectivity index is 2.51. The third kappa shape index (κ3) is 3.58. The molecule has 0 aromatic carbocycles. The first-order chi connectivity index (χ1) is 6.40. The molecule has 0 aliphatic rings. The minimum atomic E-state index is -0.520. The van der Waals surface area contributed by atoms with Crippen LogP contribution in [0.4, 0.5) is 0 Å². The quantitative estimate of drug-likeness (QED) is 0.842. The largest absolute Gasteiger partial charge is 0.387 e. The van der Waals surface area contributed by atoms with E-state index in [1.54, 1.807) is 0 Å². The predicted molar refractivity (Wildman–Crippen MR) is 62.0 cm³/mol. The van der Waals surface area contributed by atoms with Crippen LogP contribution in [0.25, 0.3) is 0 Å². The van der Waals surface area contributed by atoms with E-state index in [1.165, 1.54) is 11.3 Å². The van der Waals surface area contributed by atoms with Crippen LogP contribution in [-0.2, 0) is 0 Å². The van der Waals surface area contributed by atoms with Gasteiger partial charge >= 0.3 is 0 Å². The molecule has 0 saturated heterocycles. The van der Waals surface area contributed by atoms with Crippen molar-refractivity contribution in [3.05, 3.63) is 21.3 Å². The lowest BCUT2D eigenvalue weighted by Gasteiger charge is -2.22. The maximum atomic E-state index is 9.81. The Hall–Kier alpha value is -0.0900. The Bertz CT molecular complexity index is 293. The molecular formula is C10H16ClNOS. The molecule has 0 fully saturated rings. The van der Waals surface area contributed by atoms with E-state index in [0.717, 1.165) is 5.56 Å². The normalized spacial score (nSPS) is 14.4. The minimum Gasteiger partial charge on any atom is -0.387 e. The second-order valence-electron chi connectivity index (χ2n) is 4.32. The average Bonchev–Trinajstić information content (AvgIpc) is 2.46. The predicted octanol–water partition coefficient (Wildman–Crippen LogP) is 2.82. The fourth-order valence-corrected chi connectivity index (χ4v) is 2.20. The summed E-state index contributed by atoms with van der Waals surface area (Å²) in [5.41, 5.74) is 0.831. The molecule has 0 aliphatic carbocycles. The van der Waals surface area contributed by atoms with Crippen LogP contribution in [0.2, 0.25) is 5.02 Å². The van der Waals surface area contributed by atoms with Crippen LogP contribution >= 0.6 is 22.9 Å². The fraction of sp³-hybridized carbons (Fsp3) is 0.600. The van der Waals surface area contributed by atoms with Crippen molar-refractivity contribution in [1.29, 1.82) is 0 Å². The van der Waals surface area contributed by atoms with Crippen LogP contribution in [0.15, 0.2) is 10.8 Å². The Labute approximate surface area is 93.9 Å².